The second kappa shape index (κ2) is 15.0. The van der Waals surface area contributed by atoms with Crippen molar-refractivity contribution in [1.82, 2.24) is 4.98 Å². The highest BCUT2D eigenvalue weighted by Gasteiger charge is 2.53. The van der Waals surface area contributed by atoms with Crippen LogP contribution in [0.2, 0.25) is 0 Å². The van der Waals surface area contributed by atoms with Crippen molar-refractivity contribution in [1.29, 1.82) is 5.41 Å². The second-order valence-electron chi connectivity index (χ2n) is 17.4. The maximum Gasteiger partial charge on any atom is 0.154 e. The van der Waals surface area contributed by atoms with E-state index in [2.05, 4.69) is 166 Å². The molecule has 4 heteroatoms. The standard InChI is InChI=1S/C59H46N4/c1-58(2)48-24-12-14-26-50(48)59(51-27-15-13-25-49(51)58)47-34-33-43(44-36-53(40-19-8-4-9-20-40)62-54(37-44)41-21-10-5-11-22-41)35-46(47)55-45(23-16-28-52(55)59)57(61)63-56(60)42-31-29-39(30-32-42)38-17-6-3-7-18-38/h3-4,6-10,12-37H,5,11H2,1-2H3,(H3,60,61,63). The molecule has 0 unspecified atom stereocenters. The van der Waals surface area contributed by atoms with E-state index in [-0.39, 0.29) is 11.3 Å². The van der Waals surface area contributed by atoms with Crippen molar-refractivity contribution in [2.75, 3.05) is 0 Å². The molecule has 1 aromatic heterocycles. The minimum Gasteiger partial charge on any atom is -0.383 e. The average Bonchev–Trinajstić information content (AvgIpc) is 3.64. The molecule has 11 rings (SSSR count). The number of benzene rings is 7. The molecule has 0 amide bonds. The minimum absolute atomic E-state index is 0.116. The molecule has 1 spiro atoms. The van der Waals surface area contributed by atoms with Gasteiger partial charge in [-0.15, -0.1) is 0 Å². The van der Waals surface area contributed by atoms with Crippen LogP contribution in [0, 0.1) is 5.41 Å². The molecule has 8 aromatic rings. The smallest absolute Gasteiger partial charge is 0.154 e. The Kier molecular flexibility index (Phi) is 9.13. The van der Waals surface area contributed by atoms with E-state index >= 15 is 0 Å². The van der Waals surface area contributed by atoms with Gasteiger partial charge >= 0.3 is 0 Å². The van der Waals surface area contributed by atoms with E-state index in [9.17, 15) is 5.41 Å². The monoisotopic (exact) mass is 810 g/mol. The SMILES string of the molecule is CC1(C)c2ccccc2C2(c3ccc(-c4cc(C5=CCCC=C5)nc(-c5ccccc5)c4)cc3-c3c(C(N)=NC(=N)c4ccc(-c5ccccc5)cc4)cccc32)c2ccccc21. The summed E-state index contributed by atoms with van der Waals surface area (Å²) >= 11 is 0. The third-order valence-corrected chi connectivity index (χ3v) is 13.5. The fourth-order valence-electron chi connectivity index (χ4n) is 10.5. The van der Waals surface area contributed by atoms with Gasteiger partial charge in [0.15, 0.2) is 5.84 Å². The zero-order valence-corrected chi connectivity index (χ0v) is 35.4. The summed E-state index contributed by atoms with van der Waals surface area (Å²) in [5, 5.41) is 9.21. The highest BCUT2D eigenvalue weighted by atomic mass is 14.9. The van der Waals surface area contributed by atoms with E-state index in [4.69, 9.17) is 15.7 Å². The number of allylic oxidation sites excluding steroid dienone is 4. The Morgan fingerprint density at radius 2 is 1.13 bits per heavy atom. The van der Waals surface area contributed by atoms with Gasteiger partial charge in [0.2, 0.25) is 0 Å². The van der Waals surface area contributed by atoms with Crippen LogP contribution in [0.4, 0.5) is 0 Å². The van der Waals surface area contributed by atoms with E-state index in [1.807, 2.05) is 48.5 Å². The molecule has 0 saturated heterocycles. The summed E-state index contributed by atoms with van der Waals surface area (Å²) in [7, 11) is 0. The van der Waals surface area contributed by atoms with Gasteiger partial charge in [-0.2, -0.15) is 0 Å². The Labute approximate surface area is 369 Å². The number of nitrogens with one attached hydrogen (secondary N) is 1. The van der Waals surface area contributed by atoms with Crippen LogP contribution < -0.4 is 5.73 Å². The predicted molar refractivity (Wildman–Crippen MR) is 260 cm³/mol. The van der Waals surface area contributed by atoms with Crippen LogP contribution in [-0.4, -0.2) is 16.7 Å². The summed E-state index contributed by atoms with van der Waals surface area (Å²) in [6.45, 7) is 4.69. The van der Waals surface area contributed by atoms with Crippen molar-refractivity contribution >= 4 is 17.2 Å². The lowest BCUT2D eigenvalue weighted by molar-refractivity contribution is 0.563. The Bertz CT molecular complexity index is 3160. The summed E-state index contributed by atoms with van der Waals surface area (Å²) in [6.07, 6.45) is 8.78. The van der Waals surface area contributed by atoms with Crippen molar-refractivity contribution in [3.05, 3.63) is 250 Å². The van der Waals surface area contributed by atoms with Gasteiger partial charge in [-0.3, -0.25) is 5.41 Å². The second-order valence-corrected chi connectivity index (χ2v) is 17.4. The van der Waals surface area contributed by atoms with Crippen molar-refractivity contribution in [2.45, 2.75) is 37.5 Å². The molecule has 3 N–H and O–H groups in total. The lowest BCUT2D eigenvalue weighted by Gasteiger charge is -2.46. The lowest BCUT2D eigenvalue weighted by atomic mass is 9.55. The van der Waals surface area contributed by atoms with Crippen molar-refractivity contribution in [2.24, 2.45) is 10.7 Å². The summed E-state index contributed by atoms with van der Waals surface area (Å²) < 4.78 is 0. The zero-order chi connectivity index (χ0) is 42.7. The van der Waals surface area contributed by atoms with Gasteiger partial charge in [0.25, 0.3) is 0 Å². The highest BCUT2D eigenvalue weighted by Crippen LogP contribution is 2.63. The first-order valence-electron chi connectivity index (χ1n) is 21.8. The molecule has 3 aliphatic carbocycles. The van der Waals surface area contributed by atoms with Gasteiger partial charge in [-0.05, 0) is 103 Å². The normalized spacial score (nSPS) is 15.2. The quantitative estimate of drug-likeness (QED) is 0.130. The number of aromatic nitrogens is 1. The summed E-state index contributed by atoms with van der Waals surface area (Å²) in [6, 6.07) is 64.6. The molecule has 0 fully saturated rings. The molecular formula is C59H46N4. The average molecular weight is 811 g/mol. The Balaban J connectivity index is 1.13. The fraction of sp³-hybridized carbons (Fsp3) is 0.102. The number of aliphatic imine (C=N–C) groups is 1. The van der Waals surface area contributed by atoms with Crippen LogP contribution in [0.1, 0.15) is 76.9 Å². The van der Waals surface area contributed by atoms with Crippen LogP contribution in [0.15, 0.2) is 205 Å². The van der Waals surface area contributed by atoms with Crippen molar-refractivity contribution < 1.29 is 0 Å². The maximum absolute atomic E-state index is 9.21. The Morgan fingerprint density at radius 1 is 0.540 bits per heavy atom. The van der Waals surface area contributed by atoms with Gasteiger partial charge in [0, 0.05) is 22.1 Å². The van der Waals surface area contributed by atoms with Crippen LogP contribution >= 0.6 is 0 Å². The van der Waals surface area contributed by atoms with Crippen LogP contribution in [0.3, 0.4) is 0 Å². The van der Waals surface area contributed by atoms with E-state index in [0.29, 0.717) is 11.4 Å². The molecule has 3 aliphatic rings. The van der Waals surface area contributed by atoms with Gasteiger partial charge in [-0.1, -0.05) is 196 Å². The number of fused-ring (bicyclic) bond motifs is 9. The first-order valence-corrected chi connectivity index (χ1v) is 21.8. The number of nitrogens with zero attached hydrogens (tertiary/aromatic N) is 2. The topological polar surface area (TPSA) is 75.1 Å². The van der Waals surface area contributed by atoms with Crippen LogP contribution in [0.5, 0.6) is 0 Å². The molecule has 0 atom stereocenters. The molecule has 0 saturated carbocycles. The van der Waals surface area contributed by atoms with E-state index < -0.39 is 5.41 Å². The first kappa shape index (κ1) is 38.2. The number of pyridine rings is 1. The number of rotatable bonds is 6. The van der Waals surface area contributed by atoms with Gasteiger partial charge in [-0.25, -0.2) is 9.98 Å². The largest absolute Gasteiger partial charge is 0.383 e. The van der Waals surface area contributed by atoms with Crippen LogP contribution in [0.25, 0.3) is 50.2 Å². The number of hydrogen-bond donors (Lipinski definition) is 2. The summed E-state index contributed by atoms with van der Waals surface area (Å²) in [5.41, 5.74) is 26.0. The minimum atomic E-state index is -0.626. The van der Waals surface area contributed by atoms with Crippen LogP contribution in [-0.2, 0) is 10.8 Å². The molecular weight excluding hydrogens is 765 g/mol. The fourth-order valence-corrected chi connectivity index (χ4v) is 10.5. The molecule has 7 aromatic carbocycles. The highest BCUT2D eigenvalue weighted by molar-refractivity contribution is 6.14. The third-order valence-electron chi connectivity index (χ3n) is 13.5. The molecule has 1 heterocycles. The predicted octanol–water partition coefficient (Wildman–Crippen LogP) is 13.5. The molecule has 302 valence electrons. The van der Waals surface area contributed by atoms with Crippen molar-refractivity contribution in [3.8, 4) is 44.6 Å². The van der Waals surface area contributed by atoms with E-state index in [1.54, 1.807) is 0 Å². The Morgan fingerprint density at radius 3 is 1.79 bits per heavy atom. The van der Waals surface area contributed by atoms with Crippen molar-refractivity contribution in [3.63, 3.8) is 0 Å². The summed E-state index contributed by atoms with van der Waals surface area (Å²) in [4.78, 5) is 10.1. The van der Waals surface area contributed by atoms with Gasteiger partial charge < -0.3 is 5.73 Å². The number of hydrogen-bond acceptors (Lipinski definition) is 2. The lowest BCUT2D eigenvalue weighted by Crippen LogP contribution is -2.40. The zero-order valence-electron chi connectivity index (χ0n) is 35.4. The number of amidine groups is 2. The maximum atomic E-state index is 9.21. The first-order chi connectivity index (χ1) is 30.8. The van der Waals surface area contributed by atoms with Gasteiger partial charge in [0.05, 0.1) is 16.8 Å². The molecule has 63 heavy (non-hydrogen) atoms. The molecule has 4 nitrogen and oxygen atoms in total. The van der Waals surface area contributed by atoms with E-state index in [0.717, 1.165) is 79.9 Å². The molecule has 0 bridgehead atoms. The summed E-state index contributed by atoms with van der Waals surface area (Å²) in [5.74, 6) is 0.425. The molecule has 0 radical (unpaired) electrons. The van der Waals surface area contributed by atoms with E-state index in [1.165, 1.54) is 27.8 Å². The Hall–Kier alpha value is -7.69. The molecule has 0 aliphatic heterocycles. The third kappa shape index (κ3) is 6.16. The van der Waals surface area contributed by atoms with Gasteiger partial charge in [0.1, 0.15) is 5.84 Å². The number of nitrogens with two attached hydrogens (primary N) is 1.